The summed E-state index contributed by atoms with van der Waals surface area (Å²) in [6, 6.07) is 25.9. The monoisotopic (exact) mass is 485 g/mol. The van der Waals surface area contributed by atoms with Crippen molar-refractivity contribution in [2.45, 2.75) is 24.8 Å². The molecule has 3 aromatic rings. The summed E-state index contributed by atoms with van der Waals surface area (Å²) >= 11 is 0. The number of methoxy groups -OCH3 is 1. The Balaban J connectivity index is 1.33. The van der Waals surface area contributed by atoms with Crippen molar-refractivity contribution in [3.63, 3.8) is 0 Å². The number of nitrogens with zero attached hydrogens (tertiary/aromatic N) is 2. The highest BCUT2D eigenvalue weighted by atomic mass is 16.5. The van der Waals surface area contributed by atoms with Crippen molar-refractivity contribution in [3.05, 3.63) is 90.0 Å². The number of amides is 1. The number of hydrogen-bond donors (Lipinski definition) is 2. The van der Waals surface area contributed by atoms with Crippen LogP contribution in [-0.4, -0.2) is 61.8 Å². The second kappa shape index (κ2) is 11.0. The molecule has 0 radical (unpaired) electrons. The minimum Gasteiger partial charge on any atom is -0.507 e. The van der Waals surface area contributed by atoms with Crippen LogP contribution in [0.1, 0.15) is 34.7 Å². The van der Waals surface area contributed by atoms with E-state index in [1.54, 1.807) is 31.4 Å². The molecule has 1 saturated heterocycles. The summed E-state index contributed by atoms with van der Waals surface area (Å²) in [5.74, 6) is 1.50. The second-order valence-electron chi connectivity index (χ2n) is 9.77. The normalized spacial score (nSPS) is 17.9. The average molecular weight is 486 g/mol. The highest BCUT2D eigenvalue weighted by Gasteiger charge is 2.42. The SMILES string of the molecule is COc1ccccc1N1CCN(C(C2CC2)C(CNC(=O)c2ccccc2O)c2ccccc2)CC1. The summed E-state index contributed by atoms with van der Waals surface area (Å²) < 4.78 is 5.60. The summed E-state index contributed by atoms with van der Waals surface area (Å²) in [7, 11) is 1.73. The molecule has 0 spiro atoms. The number of para-hydroxylation sites is 3. The first kappa shape index (κ1) is 24.2. The number of aromatic hydroxyl groups is 1. The Morgan fingerprint density at radius 1 is 0.944 bits per heavy atom. The van der Waals surface area contributed by atoms with Gasteiger partial charge in [-0.15, -0.1) is 0 Å². The van der Waals surface area contributed by atoms with Crippen molar-refractivity contribution in [1.29, 1.82) is 0 Å². The first-order chi connectivity index (χ1) is 17.7. The molecule has 1 heterocycles. The Morgan fingerprint density at radius 3 is 2.31 bits per heavy atom. The molecule has 3 aromatic carbocycles. The summed E-state index contributed by atoms with van der Waals surface area (Å²) in [5, 5.41) is 13.3. The fraction of sp³-hybridized carbons (Fsp3) is 0.367. The first-order valence-corrected chi connectivity index (χ1v) is 12.9. The van der Waals surface area contributed by atoms with Gasteiger partial charge in [0.05, 0.1) is 18.4 Å². The zero-order valence-electron chi connectivity index (χ0n) is 20.8. The number of piperazine rings is 1. The van der Waals surface area contributed by atoms with E-state index in [1.807, 2.05) is 18.2 Å². The van der Waals surface area contributed by atoms with Gasteiger partial charge in [0, 0.05) is 44.7 Å². The van der Waals surface area contributed by atoms with Gasteiger partial charge < -0.3 is 20.1 Å². The van der Waals surface area contributed by atoms with Gasteiger partial charge in [-0.2, -0.15) is 0 Å². The number of phenols is 1. The van der Waals surface area contributed by atoms with Gasteiger partial charge in [0.2, 0.25) is 0 Å². The number of nitrogens with one attached hydrogen (secondary N) is 1. The zero-order chi connectivity index (χ0) is 24.9. The second-order valence-corrected chi connectivity index (χ2v) is 9.77. The van der Waals surface area contributed by atoms with Crippen LogP contribution in [0.2, 0.25) is 0 Å². The van der Waals surface area contributed by atoms with Crippen LogP contribution in [0.25, 0.3) is 0 Å². The van der Waals surface area contributed by atoms with E-state index in [1.165, 1.54) is 18.4 Å². The van der Waals surface area contributed by atoms with Crippen molar-refractivity contribution in [3.8, 4) is 11.5 Å². The fourth-order valence-corrected chi connectivity index (χ4v) is 5.57. The Labute approximate surface area is 213 Å². The predicted molar refractivity (Wildman–Crippen MR) is 143 cm³/mol. The number of carbonyl (C=O) groups excluding carboxylic acids is 1. The first-order valence-electron chi connectivity index (χ1n) is 12.9. The summed E-state index contributed by atoms with van der Waals surface area (Å²) in [4.78, 5) is 18.0. The largest absolute Gasteiger partial charge is 0.507 e. The van der Waals surface area contributed by atoms with Crippen LogP contribution in [0.3, 0.4) is 0 Å². The Morgan fingerprint density at radius 2 is 1.61 bits per heavy atom. The molecule has 0 bridgehead atoms. The highest BCUT2D eigenvalue weighted by Crippen LogP contribution is 2.42. The number of benzene rings is 3. The molecule has 6 heteroatoms. The van der Waals surface area contributed by atoms with E-state index >= 15 is 0 Å². The molecule has 2 fully saturated rings. The van der Waals surface area contributed by atoms with Gasteiger partial charge in [0.1, 0.15) is 11.5 Å². The number of hydrogen-bond acceptors (Lipinski definition) is 5. The van der Waals surface area contributed by atoms with Gasteiger partial charge in [-0.05, 0) is 48.6 Å². The molecule has 1 saturated carbocycles. The average Bonchev–Trinajstić information content (AvgIpc) is 3.77. The van der Waals surface area contributed by atoms with Crippen molar-refractivity contribution in [2.75, 3.05) is 44.7 Å². The van der Waals surface area contributed by atoms with Crippen LogP contribution in [0.15, 0.2) is 78.9 Å². The van der Waals surface area contributed by atoms with Crippen LogP contribution in [0.5, 0.6) is 11.5 Å². The zero-order valence-corrected chi connectivity index (χ0v) is 20.8. The van der Waals surface area contributed by atoms with E-state index in [0.29, 0.717) is 24.1 Å². The highest BCUT2D eigenvalue weighted by molar-refractivity contribution is 5.96. The Bertz CT molecular complexity index is 1160. The van der Waals surface area contributed by atoms with Crippen LogP contribution in [-0.2, 0) is 0 Å². The molecule has 36 heavy (non-hydrogen) atoms. The third-order valence-electron chi connectivity index (χ3n) is 7.54. The smallest absolute Gasteiger partial charge is 0.255 e. The van der Waals surface area contributed by atoms with Gasteiger partial charge in [-0.1, -0.05) is 54.6 Å². The maximum atomic E-state index is 12.9. The van der Waals surface area contributed by atoms with Crippen molar-refractivity contribution >= 4 is 11.6 Å². The third kappa shape index (κ3) is 5.34. The number of phenolic OH excluding ortho intramolecular Hbond substituents is 1. The van der Waals surface area contributed by atoms with Crippen molar-refractivity contribution in [1.82, 2.24) is 10.2 Å². The molecule has 2 unspecified atom stereocenters. The van der Waals surface area contributed by atoms with Gasteiger partial charge >= 0.3 is 0 Å². The molecule has 6 nitrogen and oxygen atoms in total. The predicted octanol–water partition coefficient (Wildman–Crippen LogP) is 4.52. The number of rotatable bonds is 9. The van der Waals surface area contributed by atoms with E-state index in [-0.39, 0.29) is 17.6 Å². The molecule has 2 N–H and O–H groups in total. The van der Waals surface area contributed by atoms with Gasteiger partial charge in [0.15, 0.2) is 0 Å². The summed E-state index contributed by atoms with van der Waals surface area (Å²) in [5.41, 5.74) is 2.72. The van der Waals surface area contributed by atoms with E-state index < -0.39 is 0 Å². The van der Waals surface area contributed by atoms with Crippen molar-refractivity contribution in [2.24, 2.45) is 5.92 Å². The Kier molecular flexibility index (Phi) is 7.42. The lowest BCUT2D eigenvalue weighted by atomic mass is 9.86. The molecule has 2 aliphatic rings. The topological polar surface area (TPSA) is 65.0 Å². The lowest BCUT2D eigenvalue weighted by Gasteiger charge is -2.43. The lowest BCUT2D eigenvalue weighted by molar-refractivity contribution is 0.0930. The van der Waals surface area contributed by atoms with Gasteiger partial charge in [-0.3, -0.25) is 9.69 Å². The number of ether oxygens (including phenoxy) is 1. The summed E-state index contributed by atoms with van der Waals surface area (Å²) in [6.45, 7) is 4.35. The number of carbonyl (C=O) groups is 1. The third-order valence-corrected chi connectivity index (χ3v) is 7.54. The molecular weight excluding hydrogens is 450 g/mol. The summed E-state index contributed by atoms with van der Waals surface area (Å²) in [6.07, 6.45) is 2.46. The molecule has 1 aliphatic heterocycles. The Hall–Kier alpha value is -3.51. The molecule has 5 rings (SSSR count). The standard InChI is InChI=1S/C30H35N3O3/c1-36-28-14-8-6-12-26(28)32-17-19-33(20-18-32)29(23-15-16-23)25(22-9-3-2-4-10-22)21-31-30(35)24-11-5-7-13-27(24)34/h2-14,23,25,29,34H,15-21H2,1H3,(H,31,35). The molecular formula is C30H35N3O3. The fourth-order valence-electron chi connectivity index (χ4n) is 5.57. The van der Waals surface area contributed by atoms with E-state index in [4.69, 9.17) is 4.74 Å². The maximum absolute atomic E-state index is 12.9. The quantitative estimate of drug-likeness (QED) is 0.467. The van der Waals surface area contributed by atoms with Gasteiger partial charge in [-0.25, -0.2) is 0 Å². The lowest BCUT2D eigenvalue weighted by Crippen LogP contribution is -2.54. The van der Waals surface area contributed by atoms with E-state index in [2.05, 4.69) is 51.5 Å². The molecule has 1 amide bonds. The molecule has 188 valence electrons. The van der Waals surface area contributed by atoms with Crippen LogP contribution in [0, 0.1) is 5.92 Å². The number of anilines is 1. The molecule has 1 aliphatic carbocycles. The van der Waals surface area contributed by atoms with Crippen LogP contribution in [0.4, 0.5) is 5.69 Å². The minimum atomic E-state index is -0.232. The maximum Gasteiger partial charge on any atom is 0.255 e. The molecule has 0 aromatic heterocycles. The van der Waals surface area contributed by atoms with Crippen LogP contribution < -0.4 is 15.0 Å². The van der Waals surface area contributed by atoms with Gasteiger partial charge in [0.25, 0.3) is 5.91 Å². The molecule has 2 atom stereocenters. The van der Waals surface area contributed by atoms with E-state index in [0.717, 1.165) is 37.6 Å². The minimum absolute atomic E-state index is 0.0115. The van der Waals surface area contributed by atoms with Crippen LogP contribution >= 0.6 is 0 Å². The van der Waals surface area contributed by atoms with E-state index in [9.17, 15) is 9.90 Å². The van der Waals surface area contributed by atoms with Crippen molar-refractivity contribution < 1.29 is 14.6 Å².